The number of aliphatic imine (C=N–C) groups is 1. The number of halogens is 1. The summed E-state index contributed by atoms with van der Waals surface area (Å²) in [6, 6.07) is 12.0. The number of ketones is 1. The number of nitrogens with zero attached hydrogens (tertiary/aromatic N) is 1. The van der Waals surface area contributed by atoms with E-state index in [-0.39, 0.29) is 40.2 Å². The van der Waals surface area contributed by atoms with Gasteiger partial charge >= 0.3 is 0 Å². The lowest BCUT2D eigenvalue weighted by Gasteiger charge is -2.46. The molecule has 1 amide bonds. The topological polar surface area (TPSA) is 88.0 Å². The van der Waals surface area contributed by atoms with Crippen molar-refractivity contribution in [2.45, 2.75) is 85.1 Å². The highest BCUT2D eigenvalue weighted by atomic mass is 35.5. The Kier molecular flexibility index (Phi) is 9.84. The second-order valence-electron chi connectivity index (χ2n) is 13.0. The fourth-order valence-electron chi connectivity index (χ4n) is 6.55. The summed E-state index contributed by atoms with van der Waals surface area (Å²) < 4.78 is 6.10. The van der Waals surface area contributed by atoms with Gasteiger partial charge in [0.1, 0.15) is 17.2 Å². The van der Waals surface area contributed by atoms with Crippen LogP contribution in [0.25, 0.3) is 0 Å². The second-order valence-corrected chi connectivity index (χ2v) is 13.4. The van der Waals surface area contributed by atoms with Crippen molar-refractivity contribution in [3.63, 3.8) is 0 Å². The average molecular weight is 581 g/mol. The van der Waals surface area contributed by atoms with Crippen molar-refractivity contribution in [2.24, 2.45) is 28.2 Å². The molecule has 0 radical (unpaired) electrons. The van der Waals surface area contributed by atoms with Crippen LogP contribution in [0.15, 0.2) is 47.5 Å². The van der Waals surface area contributed by atoms with E-state index < -0.39 is 0 Å². The predicted molar refractivity (Wildman–Crippen MR) is 165 cm³/mol. The molecule has 2 atom stereocenters. The summed E-state index contributed by atoms with van der Waals surface area (Å²) in [5.41, 5.74) is 1.52. The highest BCUT2D eigenvalue weighted by Gasteiger charge is 2.47. The molecule has 1 fully saturated rings. The Balaban J connectivity index is 1.52. The van der Waals surface area contributed by atoms with E-state index in [0.29, 0.717) is 53.1 Å². The molecule has 2 unspecified atom stereocenters. The number of Topliss-reactive ketones (excluding diaryl/α,β-unsaturated/α-hetero) is 1. The lowest BCUT2D eigenvalue weighted by molar-refractivity contribution is -0.114. The molecule has 2 aromatic rings. The van der Waals surface area contributed by atoms with Crippen molar-refractivity contribution in [3.05, 3.63) is 58.6 Å². The van der Waals surface area contributed by atoms with Crippen LogP contribution in [0.2, 0.25) is 5.02 Å². The minimum absolute atomic E-state index is 0.0132. The minimum Gasteiger partial charge on any atom is -0.508 e. The summed E-state index contributed by atoms with van der Waals surface area (Å²) in [5, 5.41) is 13.5. The van der Waals surface area contributed by atoms with Gasteiger partial charge in [0.15, 0.2) is 5.78 Å². The van der Waals surface area contributed by atoms with Gasteiger partial charge in [0.05, 0.1) is 12.1 Å². The number of nitrogens with one attached hydrogen (secondary N) is 1. The smallest absolute Gasteiger partial charge is 0.251 e. The zero-order valence-corrected chi connectivity index (χ0v) is 25.9. The van der Waals surface area contributed by atoms with Gasteiger partial charge in [0.25, 0.3) is 5.91 Å². The third-order valence-corrected chi connectivity index (χ3v) is 9.46. The molecule has 1 spiro atoms. The fraction of sp³-hybridized carbons (Fsp3) is 0.559. The molecule has 7 heteroatoms. The third-order valence-electron chi connectivity index (χ3n) is 9.24. The van der Waals surface area contributed by atoms with Crippen molar-refractivity contribution in [1.29, 1.82) is 0 Å². The molecule has 0 bridgehead atoms. The van der Waals surface area contributed by atoms with Gasteiger partial charge < -0.3 is 15.2 Å². The minimum atomic E-state index is -0.348. The summed E-state index contributed by atoms with van der Waals surface area (Å²) in [6.45, 7) is 12.3. The van der Waals surface area contributed by atoms with Crippen LogP contribution in [-0.2, 0) is 4.79 Å². The summed E-state index contributed by atoms with van der Waals surface area (Å²) in [4.78, 5) is 31.2. The molecule has 0 aromatic heterocycles. The standard InChI is InChI=1S/C34H45ClN2O4/c1-6-16-36-32(40)23-7-9-29(10-8-23)41-17-13-24-20-30(39)31(25-18-27(35)21-28(38)19-25)37-34(22(24)2)14-11-26(12-15-34)33(3,4)5/h7-10,18-19,21-22,24,26,38H,6,11-17,20H2,1-5H3,(H,36,40). The van der Waals surface area contributed by atoms with Crippen LogP contribution in [0.3, 0.4) is 0 Å². The average Bonchev–Trinajstić information content (AvgIpc) is 3.02. The van der Waals surface area contributed by atoms with Crippen molar-refractivity contribution < 1.29 is 19.4 Å². The van der Waals surface area contributed by atoms with Crippen LogP contribution < -0.4 is 10.1 Å². The molecule has 1 aliphatic carbocycles. The maximum atomic E-state index is 13.7. The van der Waals surface area contributed by atoms with Gasteiger partial charge in [-0.2, -0.15) is 0 Å². The third kappa shape index (κ3) is 7.51. The van der Waals surface area contributed by atoms with Crippen molar-refractivity contribution >= 4 is 29.0 Å². The molecule has 1 saturated carbocycles. The number of amides is 1. The Hall–Kier alpha value is -2.86. The van der Waals surface area contributed by atoms with Gasteiger partial charge in [0, 0.05) is 29.1 Å². The first-order valence-corrected chi connectivity index (χ1v) is 15.4. The fourth-order valence-corrected chi connectivity index (χ4v) is 6.78. The Morgan fingerprint density at radius 3 is 2.44 bits per heavy atom. The number of carbonyl (C=O) groups is 2. The number of carbonyl (C=O) groups excluding carboxylic acids is 2. The number of hydrogen-bond acceptors (Lipinski definition) is 5. The molecule has 1 heterocycles. The molecule has 0 saturated heterocycles. The summed E-state index contributed by atoms with van der Waals surface area (Å²) >= 11 is 6.27. The van der Waals surface area contributed by atoms with E-state index >= 15 is 0 Å². The highest BCUT2D eigenvalue weighted by Crippen LogP contribution is 2.50. The van der Waals surface area contributed by atoms with Gasteiger partial charge in [0.2, 0.25) is 0 Å². The van der Waals surface area contributed by atoms with E-state index in [0.717, 1.165) is 38.5 Å². The van der Waals surface area contributed by atoms with Gasteiger partial charge in [-0.3, -0.25) is 14.6 Å². The molecular weight excluding hydrogens is 536 g/mol. The van der Waals surface area contributed by atoms with Gasteiger partial charge in [-0.25, -0.2) is 0 Å². The molecule has 222 valence electrons. The van der Waals surface area contributed by atoms with E-state index in [9.17, 15) is 14.7 Å². The molecule has 4 rings (SSSR count). The van der Waals surface area contributed by atoms with Gasteiger partial charge in [-0.15, -0.1) is 0 Å². The molecule has 2 N–H and O–H groups in total. The summed E-state index contributed by atoms with van der Waals surface area (Å²) in [5.74, 6) is 1.54. The quantitative estimate of drug-likeness (QED) is 0.336. The second kappa shape index (κ2) is 13.0. The Bertz CT molecular complexity index is 1240. The van der Waals surface area contributed by atoms with E-state index in [1.54, 1.807) is 24.3 Å². The normalized spacial score (nSPS) is 25.0. The molecule has 2 aliphatic rings. The van der Waals surface area contributed by atoms with Crippen LogP contribution >= 0.6 is 11.6 Å². The first kappa shape index (κ1) is 31.1. The number of phenols is 1. The van der Waals surface area contributed by atoms with Crippen LogP contribution in [-0.4, -0.2) is 41.2 Å². The van der Waals surface area contributed by atoms with Crippen molar-refractivity contribution in [1.82, 2.24) is 5.32 Å². The predicted octanol–water partition coefficient (Wildman–Crippen LogP) is 7.64. The molecule has 1 aliphatic heterocycles. The van der Waals surface area contributed by atoms with Crippen LogP contribution in [0.1, 0.15) is 95.5 Å². The molecule has 2 aromatic carbocycles. The van der Waals surface area contributed by atoms with Crippen molar-refractivity contribution in [2.75, 3.05) is 13.2 Å². The van der Waals surface area contributed by atoms with E-state index in [2.05, 4.69) is 33.0 Å². The van der Waals surface area contributed by atoms with E-state index in [4.69, 9.17) is 21.3 Å². The number of benzene rings is 2. The maximum Gasteiger partial charge on any atom is 0.251 e. The van der Waals surface area contributed by atoms with Gasteiger partial charge in [-0.05, 0) is 104 Å². The largest absolute Gasteiger partial charge is 0.508 e. The molecule has 6 nitrogen and oxygen atoms in total. The number of ether oxygens (including phenoxy) is 1. The lowest BCUT2D eigenvalue weighted by atomic mass is 9.62. The number of hydrogen-bond donors (Lipinski definition) is 2. The summed E-state index contributed by atoms with van der Waals surface area (Å²) in [7, 11) is 0. The summed E-state index contributed by atoms with van der Waals surface area (Å²) in [6.07, 6.45) is 5.98. The zero-order valence-electron chi connectivity index (χ0n) is 25.1. The van der Waals surface area contributed by atoms with Crippen LogP contribution in [0, 0.1) is 23.2 Å². The Morgan fingerprint density at radius 2 is 1.83 bits per heavy atom. The highest BCUT2D eigenvalue weighted by molar-refractivity contribution is 6.47. The van der Waals surface area contributed by atoms with Crippen LogP contribution in [0.4, 0.5) is 0 Å². The van der Waals surface area contributed by atoms with Gasteiger partial charge in [-0.1, -0.05) is 46.2 Å². The molecular formula is C34H45ClN2O4. The van der Waals surface area contributed by atoms with E-state index in [1.807, 2.05) is 19.1 Å². The Labute approximate surface area is 249 Å². The number of aromatic hydroxyl groups is 1. The monoisotopic (exact) mass is 580 g/mol. The van der Waals surface area contributed by atoms with E-state index in [1.165, 1.54) is 6.07 Å². The lowest BCUT2D eigenvalue weighted by Crippen LogP contribution is -2.43. The zero-order chi connectivity index (χ0) is 29.8. The first-order valence-electron chi connectivity index (χ1n) is 15.1. The Morgan fingerprint density at radius 1 is 1.15 bits per heavy atom. The first-order chi connectivity index (χ1) is 19.4. The molecule has 41 heavy (non-hydrogen) atoms. The SMILES string of the molecule is CCCNC(=O)c1ccc(OCCC2CC(=O)C(c3cc(O)cc(Cl)c3)=NC3(CCC(C(C)(C)C)CC3)C2C)cc1. The van der Waals surface area contributed by atoms with Crippen LogP contribution in [0.5, 0.6) is 11.5 Å². The number of rotatable bonds is 8. The van der Waals surface area contributed by atoms with Crippen molar-refractivity contribution in [3.8, 4) is 11.5 Å². The maximum absolute atomic E-state index is 13.7. The number of phenolic OH excluding ortho intramolecular Hbond substituents is 1.